The number of nitrogens with one attached hydrogen (secondary N) is 1. The van der Waals surface area contributed by atoms with Crippen LogP contribution in [0.1, 0.15) is 15.9 Å². The van der Waals surface area contributed by atoms with Crippen LogP contribution in [0.3, 0.4) is 0 Å². The molecule has 142 valence electrons. The van der Waals surface area contributed by atoms with Crippen LogP contribution in [0.2, 0.25) is 0 Å². The van der Waals surface area contributed by atoms with Crippen molar-refractivity contribution in [2.45, 2.75) is 5.03 Å². The fourth-order valence-electron chi connectivity index (χ4n) is 2.17. The van der Waals surface area contributed by atoms with Crippen molar-refractivity contribution in [1.82, 2.24) is 4.98 Å². The third-order valence-electron chi connectivity index (χ3n) is 3.43. The van der Waals surface area contributed by atoms with E-state index in [-0.39, 0.29) is 21.5 Å². The van der Waals surface area contributed by atoms with Crippen LogP contribution in [0.4, 0.5) is 5.13 Å². The highest BCUT2D eigenvalue weighted by atomic mass is 32.2. The molecule has 0 saturated carbocycles. The van der Waals surface area contributed by atoms with Gasteiger partial charge >= 0.3 is 5.97 Å². The maximum Gasteiger partial charge on any atom is 0.336 e. The lowest BCUT2D eigenvalue weighted by Gasteiger charge is -2.08. The molecule has 0 spiro atoms. The standard InChI is InChI=1S/C19H14N2O5S2/c22-17(11-10-13-6-2-1-3-7-13)26-15-9-5-4-8-14(15)18(23)21-19-20-16(12-27-19)28(24)25/h1-12H,(H,24,25)(H,20,21,23)/p-1/b11-10+. The third-order valence-corrected chi connectivity index (χ3v) is 4.89. The molecule has 1 atom stereocenters. The van der Waals surface area contributed by atoms with Gasteiger partial charge in [-0.2, -0.15) is 0 Å². The van der Waals surface area contributed by atoms with E-state index in [0.29, 0.717) is 0 Å². The number of anilines is 1. The van der Waals surface area contributed by atoms with Crippen LogP contribution in [0.25, 0.3) is 6.08 Å². The smallest absolute Gasteiger partial charge is 0.336 e. The van der Waals surface area contributed by atoms with Crippen molar-refractivity contribution in [1.29, 1.82) is 0 Å². The SMILES string of the molecule is O=C(/C=C/c1ccccc1)Oc1ccccc1C(=O)Nc1nc(S(=O)[O-])cs1. The number of carbonyl (C=O) groups excluding carboxylic acids is 2. The number of benzene rings is 2. The quantitative estimate of drug-likeness (QED) is 0.288. The Bertz CT molecular complexity index is 1050. The molecule has 1 heterocycles. The van der Waals surface area contributed by atoms with Crippen LogP contribution in [-0.2, 0) is 15.9 Å². The van der Waals surface area contributed by atoms with Crippen LogP contribution in [0.5, 0.6) is 5.75 Å². The predicted octanol–water partition coefficient (Wildman–Crippen LogP) is 3.25. The Hall–Kier alpha value is -3.14. The van der Waals surface area contributed by atoms with Gasteiger partial charge in [-0.25, -0.2) is 9.78 Å². The summed E-state index contributed by atoms with van der Waals surface area (Å²) in [7, 11) is 0. The summed E-state index contributed by atoms with van der Waals surface area (Å²) >= 11 is -1.51. The molecule has 2 aromatic carbocycles. The van der Waals surface area contributed by atoms with E-state index in [1.165, 1.54) is 23.6 Å². The van der Waals surface area contributed by atoms with Gasteiger partial charge in [0.1, 0.15) is 10.8 Å². The molecule has 0 saturated heterocycles. The molecule has 0 aliphatic rings. The highest BCUT2D eigenvalue weighted by Crippen LogP contribution is 2.22. The van der Waals surface area contributed by atoms with E-state index < -0.39 is 23.0 Å². The number of para-hydroxylation sites is 1. The molecule has 0 radical (unpaired) electrons. The fraction of sp³-hybridized carbons (Fsp3) is 0. The molecule has 1 amide bonds. The summed E-state index contributed by atoms with van der Waals surface area (Å²) in [6.07, 6.45) is 2.87. The molecule has 1 unspecified atom stereocenters. The van der Waals surface area contributed by atoms with Gasteiger partial charge < -0.3 is 9.29 Å². The van der Waals surface area contributed by atoms with Gasteiger partial charge in [-0.3, -0.25) is 14.3 Å². The van der Waals surface area contributed by atoms with E-state index in [0.717, 1.165) is 16.9 Å². The summed E-state index contributed by atoms with van der Waals surface area (Å²) < 4.78 is 27.0. The van der Waals surface area contributed by atoms with Crippen LogP contribution >= 0.6 is 11.3 Å². The molecular formula is C19H13N2O5S2-. The van der Waals surface area contributed by atoms with E-state index in [2.05, 4.69) is 10.3 Å². The molecule has 0 aliphatic heterocycles. The van der Waals surface area contributed by atoms with E-state index in [9.17, 15) is 18.4 Å². The topological polar surface area (TPSA) is 108 Å². The Morgan fingerprint density at radius 3 is 2.54 bits per heavy atom. The van der Waals surface area contributed by atoms with Gasteiger partial charge in [0.05, 0.1) is 5.56 Å². The summed E-state index contributed by atoms with van der Waals surface area (Å²) in [4.78, 5) is 28.3. The van der Waals surface area contributed by atoms with Gasteiger partial charge in [0.25, 0.3) is 5.91 Å². The number of thiazole rings is 1. The summed E-state index contributed by atoms with van der Waals surface area (Å²) in [5.74, 6) is -1.14. The third kappa shape index (κ3) is 5.19. The molecule has 1 aromatic heterocycles. The first-order chi connectivity index (χ1) is 13.5. The van der Waals surface area contributed by atoms with Crippen LogP contribution < -0.4 is 10.1 Å². The van der Waals surface area contributed by atoms with Crippen molar-refractivity contribution in [3.8, 4) is 5.75 Å². The lowest BCUT2D eigenvalue weighted by molar-refractivity contribution is -0.128. The molecule has 0 bridgehead atoms. The minimum absolute atomic E-state index is 0.0758. The van der Waals surface area contributed by atoms with Crippen molar-refractivity contribution in [2.75, 3.05) is 5.32 Å². The van der Waals surface area contributed by atoms with Crippen molar-refractivity contribution in [3.63, 3.8) is 0 Å². The average molecular weight is 413 g/mol. The number of hydrogen-bond donors (Lipinski definition) is 1. The highest BCUT2D eigenvalue weighted by Gasteiger charge is 2.15. The van der Waals surface area contributed by atoms with Gasteiger partial charge in [0.15, 0.2) is 5.13 Å². The van der Waals surface area contributed by atoms with Crippen LogP contribution in [0.15, 0.2) is 71.1 Å². The number of hydrogen-bond acceptors (Lipinski definition) is 7. The normalized spacial score (nSPS) is 11.9. The first-order valence-electron chi connectivity index (χ1n) is 7.93. The summed E-state index contributed by atoms with van der Waals surface area (Å²) in [5.41, 5.74) is 0.949. The maximum absolute atomic E-state index is 12.5. The molecular weight excluding hydrogens is 400 g/mol. The van der Waals surface area contributed by atoms with Gasteiger partial charge in [-0.05, 0) is 34.9 Å². The number of amides is 1. The lowest BCUT2D eigenvalue weighted by Crippen LogP contribution is -2.15. The van der Waals surface area contributed by atoms with Crippen molar-refractivity contribution in [3.05, 3.63) is 77.2 Å². The van der Waals surface area contributed by atoms with Gasteiger partial charge in [0.2, 0.25) is 0 Å². The second-order valence-electron chi connectivity index (χ2n) is 5.34. The van der Waals surface area contributed by atoms with Crippen molar-refractivity contribution >= 4 is 45.5 Å². The minimum Gasteiger partial charge on any atom is -0.767 e. The minimum atomic E-state index is -2.48. The molecule has 0 fully saturated rings. The van der Waals surface area contributed by atoms with Gasteiger partial charge in [-0.1, -0.05) is 42.5 Å². The van der Waals surface area contributed by atoms with E-state index in [1.54, 1.807) is 18.2 Å². The van der Waals surface area contributed by atoms with E-state index in [4.69, 9.17) is 4.74 Å². The first kappa shape index (κ1) is 19.6. The summed E-state index contributed by atoms with van der Waals surface area (Å²) in [6.45, 7) is 0. The second kappa shape index (κ2) is 9.18. The van der Waals surface area contributed by atoms with Gasteiger partial charge in [-0.15, -0.1) is 11.3 Å². The highest BCUT2D eigenvalue weighted by molar-refractivity contribution is 7.79. The Morgan fingerprint density at radius 2 is 1.82 bits per heavy atom. The number of aromatic nitrogens is 1. The van der Waals surface area contributed by atoms with Crippen molar-refractivity contribution in [2.24, 2.45) is 0 Å². The van der Waals surface area contributed by atoms with Crippen LogP contribution in [-0.4, -0.2) is 25.6 Å². The monoisotopic (exact) mass is 413 g/mol. The number of esters is 1. The average Bonchev–Trinajstić information content (AvgIpc) is 3.16. The molecule has 1 N–H and O–H groups in total. The molecule has 3 rings (SSSR count). The zero-order valence-corrected chi connectivity index (χ0v) is 15.9. The Labute approximate surface area is 167 Å². The predicted molar refractivity (Wildman–Crippen MR) is 105 cm³/mol. The first-order valence-corrected chi connectivity index (χ1v) is 9.88. The lowest BCUT2D eigenvalue weighted by atomic mass is 10.2. The molecule has 3 aromatic rings. The largest absolute Gasteiger partial charge is 0.767 e. The Kier molecular flexibility index (Phi) is 6.43. The number of nitrogens with zero attached hydrogens (tertiary/aromatic N) is 1. The van der Waals surface area contributed by atoms with E-state index in [1.807, 2.05) is 30.3 Å². The Balaban J connectivity index is 1.71. The molecule has 0 aliphatic carbocycles. The fourth-order valence-corrected chi connectivity index (χ4v) is 3.42. The van der Waals surface area contributed by atoms with Crippen molar-refractivity contribution < 1.29 is 23.1 Å². The summed E-state index contributed by atoms with van der Waals surface area (Å²) in [6, 6.07) is 15.4. The zero-order valence-electron chi connectivity index (χ0n) is 14.2. The van der Waals surface area contributed by atoms with E-state index >= 15 is 0 Å². The van der Waals surface area contributed by atoms with Gasteiger partial charge in [0, 0.05) is 11.5 Å². The second-order valence-corrected chi connectivity index (χ2v) is 7.09. The Morgan fingerprint density at radius 1 is 1.11 bits per heavy atom. The number of ether oxygens (including phenoxy) is 1. The number of carbonyl (C=O) groups is 2. The molecule has 7 nitrogen and oxygen atoms in total. The zero-order chi connectivity index (χ0) is 19.9. The molecule has 28 heavy (non-hydrogen) atoms. The molecule has 9 heteroatoms. The number of rotatable bonds is 6. The summed E-state index contributed by atoms with van der Waals surface area (Å²) in [5, 5.41) is 3.75. The maximum atomic E-state index is 12.5. The van der Waals surface area contributed by atoms with Crippen LogP contribution in [0, 0.1) is 0 Å².